The number of rotatable bonds is 5. The number of hydrogen-bond donors (Lipinski definition) is 0. The lowest BCUT2D eigenvalue weighted by molar-refractivity contribution is 0.185. The lowest BCUT2D eigenvalue weighted by atomic mass is 10.2. The molecule has 1 aromatic heterocycles. The molecule has 3 aromatic rings. The lowest BCUT2D eigenvalue weighted by Crippen LogP contribution is -2.15. The van der Waals surface area contributed by atoms with Crippen LogP contribution in [0.2, 0.25) is 0 Å². The fourth-order valence-electron chi connectivity index (χ4n) is 3.00. The summed E-state index contributed by atoms with van der Waals surface area (Å²) in [7, 11) is 0. The molecule has 0 aliphatic heterocycles. The number of fused-ring (bicyclic) bond motifs is 1. The van der Waals surface area contributed by atoms with Crippen molar-refractivity contribution >= 4 is 11.0 Å². The van der Waals surface area contributed by atoms with Gasteiger partial charge in [-0.1, -0.05) is 31.2 Å². The van der Waals surface area contributed by atoms with Crippen LogP contribution in [0.25, 0.3) is 11.0 Å². The van der Waals surface area contributed by atoms with Crippen molar-refractivity contribution in [3.05, 3.63) is 59.9 Å². The number of aryl methyl sites for hydroxylation is 1. The predicted molar refractivity (Wildman–Crippen MR) is 95.0 cm³/mol. The van der Waals surface area contributed by atoms with Gasteiger partial charge in [-0.15, -0.1) is 0 Å². The zero-order valence-corrected chi connectivity index (χ0v) is 14.3. The Bertz CT molecular complexity index is 804. The molecular weight excluding hydrogens is 284 g/mol. The molecule has 1 unspecified atom stereocenters. The molecule has 1 atom stereocenters. The van der Waals surface area contributed by atoms with Crippen molar-refractivity contribution in [2.45, 2.75) is 46.3 Å². The smallest absolute Gasteiger partial charge is 0.156 e. The number of imidazole rings is 1. The topological polar surface area (TPSA) is 27.1 Å². The van der Waals surface area contributed by atoms with Gasteiger partial charge in [0, 0.05) is 6.04 Å². The van der Waals surface area contributed by atoms with Crippen LogP contribution < -0.4 is 4.74 Å². The van der Waals surface area contributed by atoms with Gasteiger partial charge in [-0.3, -0.25) is 0 Å². The van der Waals surface area contributed by atoms with Crippen LogP contribution in [0.3, 0.4) is 0 Å². The monoisotopic (exact) mass is 308 g/mol. The number of para-hydroxylation sites is 2. The predicted octanol–water partition coefficient (Wildman–Crippen LogP) is 5.46. The first-order chi connectivity index (χ1) is 11.1. The van der Waals surface area contributed by atoms with E-state index in [-0.39, 0.29) is 6.10 Å². The van der Waals surface area contributed by atoms with Gasteiger partial charge in [0.15, 0.2) is 11.9 Å². The maximum atomic E-state index is 6.27. The van der Waals surface area contributed by atoms with Crippen LogP contribution in [-0.2, 0) is 0 Å². The molecule has 0 radical (unpaired) electrons. The van der Waals surface area contributed by atoms with E-state index >= 15 is 0 Å². The summed E-state index contributed by atoms with van der Waals surface area (Å²) in [5, 5.41) is 0. The van der Waals surface area contributed by atoms with Crippen molar-refractivity contribution < 1.29 is 4.74 Å². The standard InChI is InChI=1S/C20H24N2O/c1-5-19(23-16-10-8-9-15(4)13-16)20-21-17-11-6-7-12-18(17)22(20)14(2)3/h6-14,19H,5H2,1-4H3. The molecule has 0 aliphatic rings. The number of benzene rings is 2. The minimum Gasteiger partial charge on any atom is -0.483 e. The first kappa shape index (κ1) is 15.6. The Morgan fingerprint density at radius 2 is 1.87 bits per heavy atom. The summed E-state index contributed by atoms with van der Waals surface area (Å²) in [4.78, 5) is 4.86. The second kappa shape index (κ2) is 6.45. The van der Waals surface area contributed by atoms with Crippen molar-refractivity contribution in [2.75, 3.05) is 0 Å². The highest BCUT2D eigenvalue weighted by molar-refractivity contribution is 5.76. The summed E-state index contributed by atoms with van der Waals surface area (Å²) in [6, 6.07) is 16.8. The maximum absolute atomic E-state index is 6.27. The number of aromatic nitrogens is 2. The highest BCUT2D eigenvalue weighted by Crippen LogP contribution is 2.30. The molecule has 120 valence electrons. The van der Waals surface area contributed by atoms with E-state index in [2.05, 4.69) is 62.6 Å². The highest BCUT2D eigenvalue weighted by Gasteiger charge is 2.22. The molecule has 0 fully saturated rings. The van der Waals surface area contributed by atoms with Gasteiger partial charge in [0.05, 0.1) is 11.0 Å². The summed E-state index contributed by atoms with van der Waals surface area (Å²) in [6.45, 7) is 8.61. The third-order valence-electron chi connectivity index (χ3n) is 4.07. The van der Waals surface area contributed by atoms with Crippen LogP contribution in [0.1, 0.15) is 50.7 Å². The van der Waals surface area contributed by atoms with Gasteiger partial charge in [-0.05, 0) is 57.0 Å². The van der Waals surface area contributed by atoms with Crippen LogP contribution in [0.15, 0.2) is 48.5 Å². The van der Waals surface area contributed by atoms with Gasteiger partial charge in [-0.25, -0.2) is 4.98 Å². The van der Waals surface area contributed by atoms with Gasteiger partial charge >= 0.3 is 0 Å². The fourth-order valence-corrected chi connectivity index (χ4v) is 3.00. The van der Waals surface area contributed by atoms with Crippen LogP contribution in [0.4, 0.5) is 0 Å². The third kappa shape index (κ3) is 3.09. The number of hydrogen-bond acceptors (Lipinski definition) is 2. The molecule has 3 heteroatoms. The fraction of sp³-hybridized carbons (Fsp3) is 0.350. The number of nitrogens with zero attached hydrogens (tertiary/aromatic N) is 2. The van der Waals surface area contributed by atoms with Gasteiger partial charge in [0.1, 0.15) is 5.75 Å². The van der Waals surface area contributed by atoms with Crippen molar-refractivity contribution in [3.8, 4) is 5.75 Å². The molecule has 0 spiro atoms. The molecule has 3 nitrogen and oxygen atoms in total. The van der Waals surface area contributed by atoms with Gasteiger partial charge in [0.2, 0.25) is 0 Å². The number of ether oxygens (including phenoxy) is 1. The van der Waals surface area contributed by atoms with E-state index in [4.69, 9.17) is 9.72 Å². The lowest BCUT2D eigenvalue weighted by Gasteiger charge is -2.21. The molecule has 0 amide bonds. The zero-order chi connectivity index (χ0) is 16.4. The van der Waals surface area contributed by atoms with E-state index < -0.39 is 0 Å². The Labute approximate surface area is 137 Å². The Morgan fingerprint density at radius 1 is 1.09 bits per heavy atom. The Balaban J connectivity index is 2.04. The SMILES string of the molecule is CCC(Oc1cccc(C)c1)c1nc2ccccc2n1C(C)C. The second-order valence-corrected chi connectivity index (χ2v) is 6.25. The summed E-state index contributed by atoms with van der Waals surface area (Å²) in [5.41, 5.74) is 3.40. The molecule has 0 saturated carbocycles. The van der Waals surface area contributed by atoms with E-state index in [0.29, 0.717) is 6.04 Å². The van der Waals surface area contributed by atoms with Crippen molar-refractivity contribution in [1.29, 1.82) is 0 Å². The zero-order valence-electron chi connectivity index (χ0n) is 14.3. The highest BCUT2D eigenvalue weighted by atomic mass is 16.5. The van der Waals surface area contributed by atoms with Gasteiger partial charge < -0.3 is 9.30 Å². The molecule has 1 heterocycles. The molecule has 0 N–H and O–H groups in total. The molecule has 23 heavy (non-hydrogen) atoms. The van der Waals surface area contributed by atoms with Gasteiger partial charge in [0.25, 0.3) is 0 Å². The second-order valence-electron chi connectivity index (χ2n) is 6.25. The van der Waals surface area contributed by atoms with E-state index in [1.54, 1.807) is 0 Å². The third-order valence-corrected chi connectivity index (χ3v) is 4.07. The van der Waals surface area contributed by atoms with Crippen LogP contribution >= 0.6 is 0 Å². The largest absolute Gasteiger partial charge is 0.483 e. The Morgan fingerprint density at radius 3 is 2.57 bits per heavy atom. The Kier molecular flexibility index (Phi) is 4.37. The minimum absolute atomic E-state index is 0.0494. The van der Waals surface area contributed by atoms with Gasteiger partial charge in [-0.2, -0.15) is 0 Å². The van der Waals surface area contributed by atoms with Crippen molar-refractivity contribution in [1.82, 2.24) is 9.55 Å². The first-order valence-electron chi connectivity index (χ1n) is 8.30. The van der Waals surface area contributed by atoms with Crippen LogP contribution in [0.5, 0.6) is 5.75 Å². The van der Waals surface area contributed by atoms with Crippen molar-refractivity contribution in [3.63, 3.8) is 0 Å². The molecule has 0 saturated heterocycles. The molecule has 3 rings (SSSR count). The normalized spacial score (nSPS) is 12.7. The molecule has 0 aliphatic carbocycles. The van der Waals surface area contributed by atoms with E-state index in [0.717, 1.165) is 23.5 Å². The van der Waals surface area contributed by atoms with E-state index in [9.17, 15) is 0 Å². The van der Waals surface area contributed by atoms with Crippen LogP contribution in [0, 0.1) is 6.92 Å². The summed E-state index contributed by atoms with van der Waals surface area (Å²) in [6.07, 6.45) is 0.830. The summed E-state index contributed by atoms with van der Waals surface area (Å²) < 4.78 is 8.56. The Hall–Kier alpha value is -2.29. The van der Waals surface area contributed by atoms with E-state index in [1.165, 1.54) is 11.1 Å². The summed E-state index contributed by atoms with van der Waals surface area (Å²) >= 11 is 0. The molecule has 0 bridgehead atoms. The average molecular weight is 308 g/mol. The molecule has 2 aromatic carbocycles. The molecular formula is C20H24N2O. The van der Waals surface area contributed by atoms with E-state index in [1.807, 2.05) is 18.2 Å². The first-order valence-corrected chi connectivity index (χ1v) is 8.30. The average Bonchev–Trinajstić information content (AvgIpc) is 2.92. The maximum Gasteiger partial charge on any atom is 0.156 e. The van der Waals surface area contributed by atoms with Crippen LogP contribution in [-0.4, -0.2) is 9.55 Å². The summed E-state index contributed by atoms with van der Waals surface area (Å²) in [5.74, 6) is 1.91. The minimum atomic E-state index is -0.0494. The van der Waals surface area contributed by atoms with Crippen molar-refractivity contribution in [2.24, 2.45) is 0 Å². The quantitative estimate of drug-likeness (QED) is 0.626.